The number of hydrogen-bond acceptors (Lipinski definition) is 8. The molecule has 0 saturated carbocycles. The lowest BCUT2D eigenvalue weighted by Gasteiger charge is -2.22. The van der Waals surface area contributed by atoms with E-state index in [1.807, 2.05) is 13.8 Å². The molecular formula is C25H26N4O8. The number of nitrogens with zero attached hydrogens (tertiary/aromatic N) is 1. The van der Waals surface area contributed by atoms with Crippen molar-refractivity contribution in [1.29, 1.82) is 5.41 Å². The molecule has 0 amide bonds. The summed E-state index contributed by atoms with van der Waals surface area (Å²) in [5, 5.41) is 32.6. The molecule has 2 aliphatic heterocycles. The van der Waals surface area contributed by atoms with Gasteiger partial charge in [0.2, 0.25) is 0 Å². The van der Waals surface area contributed by atoms with Crippen molar-refractivity contribution >= 4 is 35.3 Å². The van der Waals surface area contributed by atoms with Crippen molar-refractivity contribution in [2.24, 2.45) is 10.9 Å². The Morgan fingerprint density at radius 2 is 1.76 bits per heavy atom. The first-order valence-electron chi connectivity index (χ1n) is 11.3. The van der Waals surface area contributed by atoms with Gasteiger partial charge in [0.1, 0.15) is 17.1 Å². The number of hydrogen-bond donors (Lipinski definition) is 5. The highest BCUT2D eigenvalue weighted by molar-refractivity contribution is 6.05. The van der Waals surface area contributed by atoms with Crippen molar-refractivity contribution in [3.8, 4) is 11.5 Å². The number of oxime groups is 1. The number of ether oxygens (including phenoxy) is 2. The lowest BCUT2D eigenvalue weighted by molar-refractivity contribution is -0.151. The van der Waals surface area contributed by atoms with E-state index in [4.69, 9.17) is 25.5 Å². The fraction of sp³-hybridized carbons (Fsp3) is 0.320. The lowest BCUT2D eigenvalue weighted by atomic mass is 9.86. The molecule has 2 aromatic carbocycles. The predicted molar refractivity (Wildman–Crippen MR) is 131 cm³/mol. The van der Waals surface area contributed by atoms with Gasteiger partial charge in [-0.3, -0.25) is 15.0 Å². The second kappa shape index (κ2) is 9.45. The molecule has 6 N–H and O–H groups in total. The van der Waals surface area contributed by atoms with Crippen LogP contribution >= 0.6 is 0 Å². The van der Waals surface area contributed by atoms with Crippen LogP contribution in [0.1, 0.15) is 54.6 Å². The van der Waals surface area contributed by atoms with Crippen molar-refractivity contribution in [3.63, 3.8) is 0 Å². The van der Waals surface area contributed by atoms with Crippen molar-refractivity contribution in [2.75, 3.05) is 5.32 Å². The average molecular weight is 511 g/mol. The van der Waals surface area contributed by atoms with Gasteiger partial charge in [-0.1, -0.05) is 5.16 Å². The normalized spacial score (nSPS) is 16.5. The molecule has 12 nitrogen and oxygen atoms in total. The van der Waals surface area contributed by atoms with E-state index in [9.17, 15) is 24.6 Å². The van der Waals surface area contributed by atoms with E-state index in [0.717, 1.165) is 5.56 Å². The summed E-state index contributed by atoms with van der Waals surface area (Å²) >= 11 is 0. The Kier molecular flexibility index (Phi) is 6.51. The average Bonchev–Trinajstić information content (AvgIpc) is 3.31. The van der Waals surface area contributed by atoms with E-state index >= 15 is 0 Å². The zero-order valence-electron chi connectivity index (χ0n) is 20.2. The Hall–Kier alpha value is -4.61. The molecule has 0 spiro atoms. The molecule has 0 atom stereocenters. The molecule has 4 rings (SSSR count). The van der Waals surface area contributed by atoms with E-state index in [1.165, 1.54) is 12.1 Å². The Morgan fingerprint density at radius 1 is 1.11 bits per heavy atom. The van der Waals surface area contributed by atoms with Gasteiger partial charge in [-0.15, -0.1) is 0 Å². The fourth-order valence-electron chi connectivity index (χ4n) is 4.45. The quantitative estimate of drug-likeness (QED) is 0.152. The molecule has 2 heterocycles. The van der Waals surface area contributed by atoms with Crippen molar-refractivity contribution in [3.05, 3.63) is 53.1 Å². The van der Waals surface area contributed by atoms with Crippen LogP contribution in [0, 0.1) is 5.41 Å². The monoisotopic (exact) mass is 510 g/mol. The summed E-state index contributed by atoms with van der Waals surface area (Å²) in [6.45, 7) is 3.79. The Bertz CT molecular complexity index is 1300. The number of esters is 1. The maximum atomic E-state index is 12.8. The number of aliphatic carboxylic acids is 2. The Morgan fingerprint density at radius 3 is 2.35 bits per heavy atom. The summed E-state index contributed by atoms with van der Waals surface area (Å²) in [5.74, 6) is -2.66. The van der Waals surface area contributed by atoms with Crippen LogP contribution in [0.25, 0.3) is 0 Å². The molecule has 0 radical (unpaired) electrons. The maximum Gasteiger partial charge on any atom is 0.343 e. The number of carbonyl (C=O) groups excluding carboxylic acids is 1. The molecule has 194 valence electrons. The molecule has 12 heteroatoms. The molecule has 0 unspecified atom stereocenters. The summed E-state index contributed by atoms with van der Waals surface area (Å²) in [4.78, 5) is 41.1. The lowest BCUT2D eigenvalue weighted by Crippen LogP contribution is -2.35. The van der Waals surface area contributed by atoms with Crippen LogP contribution in [0.15, 0.2) is 41.6 Å². The highest BCUT2D eigenvalue weighted by Crippen LogP contribution is 2.43. The van der Waals surface area contributed by atoms with Gasteiger partial charge < -0.3 is 35.6 Å². The number of rotatable bonds is 8. The maximum absolute atomic E-state index is 12.8. The van der Waals surface area contributed by atoms with Gasteiger partial charge in [-0.05, 0) is 44.2 Å². The third kappa shape index (κ3) is 5.80. The van der Waals surface area contributed by atoms with Crippen LogP contribution < -0.4 is 20.5 Å². The number of carboxylic acids is 2. The first kappa shape index (κ1) is 25.5. The molecule has 0 bridgehead atoms. The second-order valence-electron chi connectivity index (χ2n) is 9.62. The van der Waals surface area contributed by atoms with Crippen LogP contribution in [0.2, 0.25) is 0 Å². The molecule has 37 heavy (non-hydrogen) atoms. The van der Waals surface area contributed by atoms with Gasteiger partial charge in [0.05, 0.1) is 24.1 Å². The smallest absolute Gasteiger partial charge is 0.343 e. The van der Waals surface area contributed by atoms with Crippen molar-refractivity contribution in [2.45, 2.75) is 50.7 Å². The molecule has 2 aromatic rings. The molecule has 0 saturated heterocycles. The van der Waals surface area contributed by atoms with Crippen molar-refractivity contribution in [1.82, 2.24) is 0 Å². The topological polar surface area (TPSA) is 194 Å². The number of fused-ring (bicyclic) bond motifs is 1. The van der Waals surface area contributed by atoms with Gasteiger partial charge >= 0.3 is 17.9 Å². The molecular weight excluding hydrogens is 484 g/mol. The first-order valence-corrected chi connectivity index (χ1v) is 11.3. The van der Waals surface area contributed by atoms with Crippen LogP contribution in [0.4, 0.5) is 5.69 Å². The number of guanidine groups is 1. The summed E-state index contributed by atoms with van der Waals surface area (Å²) in [6.07, 6.45) is -0.639. The van der Waals surface area contributed by atoms with Gasteiger partial charge in [-0.25, -0.2) is 4.79 Å². The number of nitrogens with two attached hydrogens (primary N) is 1. The minimum Gasteiger partial charge on any atom is -0.487 e. The van der Waals surface area contributed by atoms with Crippen LogP contribution in [0.5, 0.6) is 11.5 Å². The van der Waals surface area contributed by atoms with Crippen LogP contribution in [-0.4, -0.2) is 51.0 Å². The summed E-state index contributed by atoms with van der Waals surface area (Å²) < 4.78 is 11.6. The van der Waals surface area contributed by atoms with E-state index in [0.29, 0.717) is 29.1 Å². The SMILES string of the molecule is CC1(C)Cc2c(cc(OC(=O)c3ccc(NC(=N)N)cc3)cc2C2=NOC(CC(=O)O)(CC(=O)O)C2)O1. The zero-order valence-corrected chi connectivity index (χ0v) is 20.2. The van der Waals surface area contributed by atoms with Crippen LogP contribution in [0.3, 0.4) is 0 Å². The Balaban J connectivity index is 1.63. The molecule has 0 aromatic heterocycles. The zero-order chi connectivity index (χ0) is 27.0. The van der Waals surface area contributed by atoms with E-state index in [2.05, 4.69) is 10.5 Å². The fourth-order valence-corrected chi connectivity index (χ4v) is 4.45. The summed E-state index contributed by atoms with van der Waals surface area (Å²) in [5.41, 5.74) is 5.65. The number of anilines is 1. The second-order valence-corrected chi connectivity index (χ2v) is 9.62. The number of benzene rings is 2. The molecule has 0 fully saturated rings. The highest BCUT2D eigenvalue weighted by Gasteiger charge is 2.45. The molecule has 2 aliphatic rings. The molecule has 0 aliphatic carbocycles. The van der Waals surface area contributed by atoms with Crippen LogP contribution in [-0.2, 0) is 20.8 Å². The standard InChI is InChI=1S/C25H26N4O8/c1-24(2)9-17-16(18-10-25(37-29-18,11-20(30)31)12-21(32)33)7-15(8-19(17)36-24)35-22(34)13-3-5-14(6-4-13)28-23(26)27/h3-8H,9-12H2,1-2H3,(H,30,31)(H,32,33)(H4,26,27,28). The Labute approximate surface area is 211 Å². The minimum atomic E-state index is -1.53. The van der Waals surface area contributed by atoms with Crippen molar-refractivity contribution < 1.29 is 38.9 Å². The minimum absolute atomic E-state index is 0.0551. The number of carbonyl (C=O) groups is 3. The summed E-state index contributed by atoms with van der Waals surface area (Å²) in [6, 6.07) is 9.37. The summed E-state index contributed by atoms with van der Waals surface area (Å²) in [7, 11) is 0. The van der Waals surface area contributed by atoms with E-state index in [-0.39, 0.29) is 23.7 Å². The number of carboxylic acid groups (broad SMARTS) is 2. The van der Waals surface area contributed by atoms with Gasteiger partial charge in [0.15, 0.2) is 11.6 Å². The highest BCUT2D eigenvalue weighted by atomic mass is 16.7. The van der Waals surface area contributed by atoms with Gasteiger partial charge in [0, 0.05) is 35.7 Å². The third-order valence-electron chi connectivity index (χ3n) is 5.88. The largest absolute Gasteiger partial charge is 0.487 e. The van der Waals surface area contributed by atoms with E-state index < -0.39 is 42.0 Å². The first-order chi connectivity index (χ1) is 17.3. The van der Waals surface area contributed by atoms with E-state index in [1.54, 1.807) is 24.3 Å². The van der Waals surface area contributed by atoms with Gasteiger partial charge in [0.25, 0.3) is 0 Å². The predicted octanol–water partition coefficient (Wildman–Crippen LogP) is 2.74. The number of nitrogens with one attached hydrogen (secondary N) is 2. The van der Waals surface area contributed by atoms with Gasteiger partial charge in [-0.2, -0.15) is 0 Å². The third-order valence-corrected chi connectivity index (χ3v) is 5.88.